The highest BCUT2D eigenvalue weighted by Crippen LogP contribution is 2.32. The molecule has 0 unspecified atom stereocenters. The van der Waals surface area contributed by atoms with Crippen molar-refractivity contribution in [1.82, 2.24) is 14.9 Å². The van der Waals surface area contributed by atoms with E-state index in [1.54, 1.807) is 12.1 Å². The number of benzene rings is 1. The van der Waals surface area contributed by atoms with E-state index >= 15 is 0 Å². The number of rotatable bonds is 2. The summed E-state index contributed by atoms with van der Waals surface area (Å²) >= 11 is 17.9. The van der Waals surface area contributed by atoms with Crippen molar-refractivity contribution in [3.63, 3.8) is 0 Å². The monoisotopic (exact) mass is 288 g/mol. The van der Waals surface area contributed by atoms with Gasteiger partial charge in [0.2, 0.25) is 0 Å². The van der Waals surface area contributed by atoms with Crippen LogP contribution < -0.4 is 0 Å². The fourth-order valence-electron chi connectivity index (χ4n) is 1.28. The van der Waals surface area contributed by atoms with Crippen LogP contribution in [0.15, 0.2) is 29.9 Å². The topological polar surface area (TPSA) is 43.1 Å². The Morgan fingerprint density at radius 3 is 2.41 bits per heavy atom. The maximum Gasteiger partial charge on any atom is 0.141 e. The third-order valence-electron chi connectivity index (χ3n) is 2.10. The Hall–Kier alpha value is -1.10. The highest BCUT2D eigenvalue weighted by atomic mass is 35.5. The first kappa shape index (κ1) is 12.4. The Labute approximate surface area is 113 Å². The van der Waals surface area contributed by atoms with Gasteiger partial charge in [0.05, 0.1) is 20.8 Å². The van der Waals surface area contributed by atoms with Crippen LogP contribution >= 0.6 is 34.8 Å². The van der Waals surface area contributed by atoms with Crippen molar-refractivity contribution >= 4 is 40.5 Å². The highest BCUT2D eigenvalue weighted by molar-refractivity contribution is 6.49. The standard InChI is InChI=1S/C10H7Cl3N4/c1-6(16-17-4-14-15-5-17)7-2-3-8(11)10(13)9(7)12/h2-5H,1H3/b16-6+. The van der Waals surface area contributed by atoms with Gasteiger partial charge in [0.15, 0.2) is 0 Å². The van der Waals surface area contributed by atoms with E-state index in [0.717, 1.165) is 5.56 Å². The quantitative estimate of drug-likeness (QED) is 0.627. The van der Waals surface area contributed by atoms with E-state index in [2.05, 4.69) is 15.3 Å². The van der Waals surface area contributed by atoms with Crippen molar-refractivity contribution in [2.24, 2.45) is 5.10 Å². The summed E-state index contributed by atoms with van der Waals surface area (Å²) in [6, 6.07) is 3.44. The normalized spacial score (nSPS) is 11.9. The van der Waals surface area contributed by atoms with E-state index in [9.17, 15) is 0 Å². The maximum atomic E-state index is 6.10. The van der Waals surface area contributed by atoms with Gasteiger partial charge in [-0.05, 0) is 13.0 Å². The van der Waals surface area contributed by atoms with Gasteiger partial charge in [-0.15, -0.1) is 10.2 Å². The lowest BCUT2D eigenvalue weighted by Crippen LogP contribution is -2.00. The molecule has 0 N–H and O–H groups in total. The molecule has 4 nitrogen and oxygen atoms in total. The van der Waals surface area contributed by atoms with E-state index in [4.69, 9.17) is 34.8 Å². The van der Waals surface area contributed by atoms with Gasteiger partial charge < -0.3 is 0 Å². The zero-order valence-electron chi connectivity index (χ0n) is 8.73. The molecule has 0 aliphatic heterocycles. The van der Waals surface area contributed by atoms with Crippen LogP contribution in [0.4, 0.5) is 0 Å². The minimum absolute atomic E-state index is 0.323. The van der Waals surface area contributed by atoms with Crippen LogP contribution in [-0.2, 0) is 0 Å². The molecular formula is C10H7Cl3N4. The van der Waals surface area contributed by atoms with Crippen molar-refractivity contribution in [1.29, 1.82) is 0 Å². The molecule has 0 saturated carbocycles. The molecule has 1 aromatic heterocycles. The fraction of sp³-hybridized carbons (Fsp3) is 0.100. The molecule has 0 bridgehead atoms. The smallest absolute Gasteiger partial charge is 0.141 e. The summed E-state index contributed by atoms with van der Waals surface area (Å²) < 4.78 is 1.48. The third-order valence-corrected chi connectivity index (χ3v) is 3.39. The average molecular weight is 290 g/mol. The fourth-order valence-corrected chi connectivity index (χ4v) is 1.95. The first-order valence-electron chi connectivity index (χ1n) is 4.63. The third kappa shape index (κ3) is 2.60. The van der Waals surface area contributed by atoms with E-state index in [-0.39, 0.29) is 0 Å². The van der Waals surface area contributed by atoms with Crippen LogP contribution in [0.1, 0.15) is 12.5 Å². The molecule has 1 heterocycles. The Bertz CT molecular complexity index is 563. The lowest BCUT2D eigenvalue weighted by Gasteiger charge is -2.06. The molecule has 0 amide bonds. The second kappa shape index (κ2) is 5.04. The molecule has 0 saturated heterocycles. The van der Waals surface area contributed by atoms with Crippen LogP contribution in [-0.4, -0.2) is 20.6 Å². The molecule has 0 atom stereocenters. The second-order valence-electron chi connectivity index (χ2n) is 3.25. The number of nitrogens with zero attached hydrogens (tertiary/aromatic N) is 4. The zero-order chi connectivity index (χ0) is 12.4. The molecule has 1 aromatic carbocycles. The Morgan fingerprint density at radius 1 is 1.12 bits per heavy atom. The zero-order valence-corrected chi connectivity index (χ0v) is 11.0. The molecule has 0 aliphatic rings. The lowest BCUT2D eigenvalue weighted by molar-refractivity contribution is 0.871. The van der Waals surface area contributed by atoms with Gasteiger partial charge in [-0.2, -0.15) is 5.10 Å². The Balaban J connectivity index is 2.45. The molecule has 0 spiro atoms. The van der Waals surface area contributed by atoms with Gasteiger partial charge in [-0.3, -0.25) is 0 Å². The minimum Gasteiger partial charge on any atom is -0.207 e. The molecule has 0 radical (unpaired) electrons. The van der Waals surface area contributed by atoms with Crippen molar-refractivity contribution in [3.8, 4) is 0 Å². The first-order chi connectivity index (χ1) is 8.09. The molecular weight excluding hydrogens is 282 g/mol. The molecule has 88 valence electrons. The number of hydrogen-bond acceptors (Lipinski definition) is 3. The van der Waals surface area contributed by atoms with Crippen LogP contribution in [0, 0.1) is 0 Å². The van der Waals surface area contributed by atoms with E-state index in [1.165, 1.54) is 17.3 Å². The lowest BCUT2D eigenvalue weighted by atomic mass is 10.1. The van der Waals surface area contributed by atoms with Crippen molar-refractivity contribution in [3.05, 3.63) is 45.4 Å². The highest BCUT2D eigenvalue weighted by Gasteiger charge is 2.10. The number of aromatic nitrogens is 3. The average Bonchev–Trinajstić information content (AvgIpc) is 2.78. The predicted octanol–water partition coefficient (Wildman–Crippen LogP) is 3.51. The summed E-state index contributed by atoms with van der Waals surface area (Å²) in [7, 11) is 0. The van der Waals surface area contributed by atoms with Crippen LogP contribution in [0.25, 0.3) is 0 Å². The Kier molecular flexibility index (Phi) is 3.66. The molecule has 2 rings (SSSR count). The predicted molar refractivity (Wildman–Crippen MR) is 69.1 cm³/mol. The van der Waals surface area contributed by atoms with Gasteiger partial charge in [-0.25, -0.2) is 4.68 Å². The number of hydrogen-bond donors (Lipinski definition) is 0. The molecule has 2 aromatic rings. The van der Waals surface area contributed by atoms with Crippen LogP contribution in [0.3, 0.4) is 0 Å². The molecule has 17 heavy (non-hydrogen) atoms. The molecule has 0 aliphatic carbocycles. The van der Waals surface area contributed by atoms with Crippen molar-refractivity contribution in [2.75, 3.05) is 0 Å². The maximum absolute atomic E-state index is 6.10. The van der Waals surface area contributed by atoms with Gasteiger partial charge in [0.25, 0.3) is 0 Å². The van der Waals surface area contributed by atoms with Gasteiger partial charge in [0.1, 0.15) is 12.7 Å². The van der Waals surface area contributed by atoms with E-state index in [1.807, 2.05) is 6.92 Å². The summed E-state index contributed by atoms with van der Waals surface area (Å²) in [5.74, 6) is 0. The summed E-state index contributed by atoms with van der Waals surface area (Å²) in [5.41, 5.74) is 1.41. The van der Waals surface area contributed by atoms with Crippen molar-refractivity contribution < 1.29 is 0 Å². The molecule has 0 fully saturated rings. The number of halogens is 3. The molecule has 7 heteroatoms. The summed E-state index contributed by atoms with van der Waals surface area (Å²) in [5, 5.41) is 12.7. The SMILES string of the molecule is C/C(=N\n1cnnc1)c1ccc(Cl)c(Cl)c1Cl. The second-order valence-corrected chi connectivity index (χ2v) is 4.41. The summed E-state index contributed by atoms with van der Waals surface area (Å²) in [6.07, 6.45) is 2.96. The van der Waals surface area contributed by atoms with E-state index in [0.29, 0.717) is 20.8 Å². The minimum atomic E-state index is 0.323. The van der Waals surface area contributed by atoms with Crippen molar-refractivity contribution in [2.45, 2.75) is 6.92 Å². The van der Waals surface area contributed by atoms with Gasteiger partial charge in [0, 0.05) is 5.56 Å². The largest absolute Gasteiger partial charge is 0.207 e. The van der Waals surface area contributed by atoms with Crippen LogP contribution in [0.5, 0.6) is 0 Å². The van der Waals surface area contributed by atoms with Gasteiger partial charge >= 0.3 is 0 Å². The first-order valence-corrected chi connectivity index (χ1v) is 5.77. The van der Waals surface area contributed by atoms with Gasteiger partial charge in [-0.1, -0.05) is 40.9 Å². The van der Waals surface area contributed by atoms with E-state index < -0.39 is 0 Å². The Morgan fingerprint density at radius 2 is 1.76 bits per heavy atom. The summed E-state index contributed by atoms with van der Waals surface area (Å²) in [6.45, 7) is 1.81. The van der Waals surface area contributed by atoms with Crippen LogP contribution in [0.2, 0.25) is 15.1 Å². The summed E-state index contributed by atoms with van der Waals surface area (Å²) in [4.78, 5) is 0.